The molecule has 0 aromatic heterocycles. The fraction of sp³-hybridized carbons (Fsp3) is 0.455. The summed E-state index contributed by atoms with van der Waals surface area (Å²) in [7, 11) is -4.14. The first kappa shape index (κ1) is 17.9. The molecule has 1 aromatic rings. The van der Waals surface area contributed by atoms with Crippen molar-refractivity contribution in [3.8, 4) is 11.5 Å². The molecule has 10 heteroatoms. The minimum atomic E-state index is -4.14. The minimum Gasteiger partial charge on any atom is -0.486 e. The lowest BCUT2D eigenvalue weighted by atomic mass is 10.3. The monoisotopic (exact) mass is 344 g/mol. The van der Waals surface area contributed by atoms with Gasteiger partial charge in [0, 0.05) is 0 Å². The normalized spacial score (nSPS) is 14.4. The SMILES string of the molecule is Cl.NCC(F)(F)CNS(=O)(=O)c1cccc2c1OCCO2. The Morgan fingerprint density at radius 1 is 1.29 bits per heavy atom. The van der Waals surface area contributed by atoms with Crippen LogP contribution in [-0.2, 0) is 10.0 Å². The Labute approximate surface area is 127 Å². The van der Waals surface area contributed by atoms with Crippen LogP contribution in [0.5, 0.6) is 11.5 Å². The Hall–Kier alpha value is -1.16. The van der Waals surface area contributed by atoms with E-state index in [9.17, 15) is 17.2 Å². The topological polar surface area (TPSA) is 90.7 Å². The first-order chi connectivity index (χ1) is 9.36. The van der Waals surface area contributed by atoms with Gasteiger partial charge in [-0.2, -0.15) is 0 Å². The van der Waals surface area contributed by atoms with Crippen LogP contribution in [0.2, 0.25) is 0 Å². The molecule has 21 heavy (non-hydrogen) atoms. The third-order valence-electron chi connectivity index (χ3n) is 2.64. The van der Waals surface area contributed by atoms with Crippen molar-refractivity contribution in [3.63, 3.8) is 0 Å². The first-order valence-electron chi connectivity index (χ1n) is 5.82. The number of ether oxygens (including phenoxy) is 2. The lowest BCUT2D eigenvalue weighted by molar-refractivity contribution is 0.0170. The summed E-state index contributed by atoms with van der Waals surface area (Å²) in [6.45, 7) is -1.52. The molecule has 0 fully saturated rings. The molecule has 0 saturated heterocycles. The standard InChI is InChI=1S/C11H14F2N2O4S.ClH/c12-11(13,6-14)7-15-20(16,17)9-3-1-2-8-10(9)19-5-4-18-8;/h1-3,15H,4-7,14H2;1H. The fourth-order valence-electron chi connectivity index (χ4n) is 1.61. The third-order valence-corrected chi connectivity index (χ3v) is 4.06. The minimum absolute atomic E-state index is 0. The van der Waals surface area contributed by atoms with Crippen LogP contribution in [0.25, 0.3) is 0 Å². The number of sulfonamides is 1. The van der Waals surface area contributed by atoms with Gasteiger partial charge in [-0.25, -0.2) is 21.9 Å². The number of rotatable bonds is 5. The van der Waals surface area contributed by atoms with Gasteiger partial charge in [0.15, 0.2) is 11.5 Å². The Morgan fingerprint density at radius 2 is 1.95 bits per heavy atom. The molecular weight excluding hydrogens is 330 g/mol. The molecule has 0 spiro atoms. The van der Waals surface area contributed by atoms with Crippen molar-refractivity contribution in [2.75, 3.05) is 26.3 Å². The van der Waals surface area contributed by atoms with Crippen LogP contribution in [0.1, 0.15) is 0 Å². The number of nitrogens with one attached hydrogen (secondary N) is 1. The van der Waals surface area contributed by atoms with E-state index >= 15 is 0 Å². The Morgan fingerprint density at radius 3 is 2.62 bits per heavy atom. The van der Waals surface area contributed by atoms with E-state index in [-0.39, 0.29) is 35.4 Å². The number of hydrogen-bond donors (Lipinski definition) is 2. The van der Waals surface area contributed by atoms with E-state index in [1.54, 1.807) is 6.07 Å². The summed E-state index contributed by atoms with van der Waals surface area (Å²) in [4.78, 5) is -0.234. The van der Waals surface area contributed by atoms with Crippen LogP contribution in [0.4, 0.5) is 8.78 Å². The van der Waals surface area contributed by atoms with Gasteiger partial charge in [-0.05, 0) is 12.1 Å². The smallest absolute Gasteiger partial charge is 0.273 e. The fourth-order valence-corrected chi connectivity index (χ4v) is 2.83. The van der Waals surface area contributed by atoms with Gasteiger partial charge in [-0.3, -0.25) is 0 Å². The molecule has 2 rings (SSSR count). The summed E-state index contributed by atoms with van der Waals surface area (Å²) in [5.74, 6) is -3.01. The number of hydrogen-bond acceptors (Lipinski definition) is 5. The second-order valence-electron chi connectivity index (χ2n) is 4.16. The lowest BCUT2D eigenvalue weighted by Crippen LogP contribution is -2.41. The van der Waals surface area contributed by atoms with Crippen molar-refractivity contribution in [3.05, 3.63) is 18.2 Å². The highest BCUT2D eigenvalue weighted by Gasteiger charge is 2.31. The van der Waals surface area contributed by atoms with Gasteiger partial charge in [-0.15, -0.1) is 12.4 Å². The highest BCUT2D eigenvalue weighted by Crippen LogP contribution is 2.36. The molecule has 3 N–H and O–H groups in total. The average molecular weight is 345 g/mol. The molecule has 0 amide bonds. The zero-order chi connectivity index (χ0) is 14.8. The van der Waals surface area contributed by atoms with Crippen LogP contribution in [0, 0.1) is 0 Å². The second-order valence-corrected chi connectivity index (χ2v) is 5.90. The Bertz CT molecular complexity index is 598. The molecule has 0 saturated carbocycles. The van der Waals surface area contributed by atoms with Crippen LogP contribution in [0.15, 0.2) is 23.1 Å². The molecule has 0 unspecified atom stereocenters. The summed E-state index contributed by atoms with van der Waals surface area (Å²) in [5, 5.41) is 0. The van der Waals surface area contributed by atoms with Gasteiger partial charge in [-0.1, -0.05) is 6.07 Å². The van der Waals surface area contributed by atoms with Crippen LogP contribution < -0.4 is 19.9 Å². The van der Waals surface area contributed by atoms with Crippen molar-refractivity contribution in [2.45, 2.75) is 10.8 Å². The maximum Gasteiger partial charge on any atom is 0.273 e. The van der Waals surface area contributed by atoms with Gasteiger partial charge in [0.2, 0.25) is 10.0 Å². The van der Waals surface area contributed by atoms with E-state index in [0.29, 0.717) is 6.61 Å². The maximum atomic E-state index is 13.0. The van der Waals surface area contributed by atoms with Gasteiger partial charge in [0.25, 0.3) is 5.92 Å². The highest BCUT2D eigenvalue weighted by molar-refractivity contribution is 7.89. The highest BCUT2D eigenvalue weighted by atomic mass is 35.5. The predicted molar refractivity (Wildman–Crippen MR) is 73.9 cm³/mol. The van der Waals surface area contributed by atoms with Crippen molar-refractivity contribution < 1.29 is 26.7 Å². The summed E-state index contributed by atoms with van der Waals surface area (Å²) in [6, 6.07) is 4.25. The van der Waals surface area contributed by atoms with E-state index in [4.69, 9.17) is 15.2 Å². The number of halogens is 3. The number of fused-ring (bicyclic) bond motifs is 1. The molecule has 1 heterocycles. The van der Waals surface area contributed by atoms with Gasteiger partial charge in [0.1, 0.15) is 18.1 Å². The Kier molecular flexibility index (Phi) is 5.74. The van der Waals surface area contributed by atoms with Gasteiger partial charge < -0.3 is 15.2 Å². The van der Waals surface area contributed by atoms with Crippen molar-refractivity contribution in [1.29, 1.82) is 0 Å². The summed E-state index contributed by atoms with van der Waals surface area (Å²) < 4.78 is 62.5. The number of para-hydroxylation sites is 1. The maximum absolute atomic E-state index is 13.0. The summed E-state index contributed by atoms with van der Waals surface area (Å²) >= 11 is 0. The molecule has 0 radical (unpaired) electrons. The molecule has 1 aliphatic rings. The molecule has 0 atom stereocenters. The van der Waals surface area contributed by atoms with Crippen molar-refractivity contribution in [1.82, 2.24) is 4.72 Å². The van der Waals surface area contributed by atoms with E-state index in [0.717, 1.165) is 0 Å². The second kappa shape index (κ2) is 6.73. The zero-order valence-electron chi connectivity index (χ0n) is 10.8. The van der Waals surface area contributed by atoms with Crippen LogP contribution >= 0.6 is 12.4 Å². The first-order valence-corrected chi connectivity index (χ1v) is 7.30. The number of benzene rings is 1. The zero-order valence-corrected chi connectivity index (χ0v) is 12.5. The predicted octanol–water partition coefficient (Wildman–Crippen LogP) is 0.752. The summed E-state index contributed by atoms with van der Waals surface area (Å²) in [6.07, 6.45) is 0. The molecule has 0 aliphatic carbocycles. The third kappa shape index (κ3) is 4.16. The molecule has 0 bridgehead atoms. The quantitative estimate of drug-likeness (QED) is 0.822. The number of alkyl halides is 2. The molecule has 120 valence electrons. The molecule has 1 aromatic carbocycles. The van der Waals surface area contributed by atoms with E-state index < -0.39 is 29.0 Å². The van der Waals surface area contributed by atoms with Crippen molar-refractivity contribution >= 4 is 22.4 Å². The Balaban J connectivity index is 0.00000220. The molecule has 1 aliphatic heterocycles. The lowest BCUT2D eigenvalue weighted by Gasteiger charge is -2.21. The largest absolute Gasteiger partial charge is 0.486 e. The van der Waals surface area contributed by atoms with Crippen LogP contribution in [-0.4, -0.2) is 40.6 Å². The van der Waals surface area contributed by atoms with Gasteiger partial charge >= 0.3 is 0 Å². The van der Waals surface area contributed by atoms with Crippen LogP contribution in [0.3, 0.4) is 0 Å². The summed E-state index contributed by atoms with van der Waals surface area (Å²) in [5.41, 5.74) is 4.86. The average Bonchev–Trinajstić information content (AvgIpc) is 2.45. The molecular formula is C11H15ClF2N2O4S. The van der Waals surface area contributed by atoms with E-state index in [1.807, 2.05) is 4.72 Å². The van der Waals surface area contributed by atoms with Crippen molar-refractivity contribution in [2.24, 2.45) is 5.73 Å². The van der Waals surface area contributed by atoms with Gasteiger partial charge in [0.05, 0.1) is 13.1 Å². The molecule has 6 nitrogen and oxygen atoms in total. The van der Waals surface area contributed by atoms with E-state index in [2.05, 4.69) is 0 Å². The van der Waals surface area contributed by atoms with E-state index in [1.165, 1.54) is 12.1 Å². The number of nitrogens with two attached hydrogens (primary N) is 1.